The van der Waals surface area contributed by atoms with Crippen molar-refractivity contribution in [1.29, 1.82) is 0 Å². The lowest BCUT2D eigenvalue weighted by Crippen LogP contribution is -2.18. The molecule has 3 rings (SSSR count). The minimum atomic E-state index is -0.160. The summed E-state index contributed by atoms with van der Waals surface area (Å²) in [6, 6.07) is 0. The molecule has 4 heteroatoms. The van der Waals surface area contributed by atoms with Gasteiger partial charge in [-0.25, -0.2) is 0 Å². The lowest BCUT2D eigenvalue weighted by molar-refractivity contribution is -0.116. The highest BCUT2D eigenvalue weighted by Gasteiger charge is 2.25. The second-order valence-electron chi connectivity index (χ2n) is 6.56. The lowest BCUT2D eigenvalue weighted by atomic mass is 9.85. The maximum Gasteiger partial charge on any atom is 0.185 e. The first kappa shape index (κ1) is 16.5. The summed E-state index contributed by atoms with van der Waals surface area (Å²) < 4.78 is 0. The van der Waals surface area contributed by atoms with Gasteiger partial charge in [-0.15, -0.1) is 0 Å². The summed E-state index contributed by atoms with van der Waals surface area (Å²) in [7, 11) is 0. The van der Waals surface area contributed by atoms with E-state index in [-0.39, 0.29) is 23.1 Å². The van der Waals surface area contributed by atoms with E-state index in [2.05, 4.69) is 0 Å². The van der Waals surface area contributed by atoms with E-state index < -0.39 is 0 Å². The number of hydrogen-bond acceptors (Lipinski definition) is 4. The van der Waals surface area contributed by atoms with Crippen LogP contribution in [0.4, 0.5) is 0 Å². The zero-order chi connectivity index (χ0) is 17.1. The molecule has 0 amide bonds. The highest BCUT2D eigenvalue weighted by Crippen LogP contribution is 2.27. The Labute approximate surface area is 141 Å². The van der Waals surface area contributed by atoms with E-state index >= 15 is 0 Å². The van der Waals surface area contributed by atoms with Gasteiger partial charge >= 0.3 is 0 Å². The molecule has 3 aliphatic carbocycles. The number of allylic oxidation sites excluding steroid dienone is 8. The van der Waals surface area contributed by atoms with Crippen LogP contribution >= 0.6 is 0 Å². The second kappa shape index (κ2) is 7.04. The van der Waals surface area contributed by atoms with Crippen LogP contribution in [0.15, 0.2) is 46.6 Å². The molecule has 24 heavy (non-hydrogen) atoms. The average Bonchev–Trinajstić information content (AvgIpc) is 2.54. The van der Waals surface area contributed by atoms with Crippen LogP contribution in [0.1, 0.15) is 51.4 Å². The summed E-state index contributed by atoms with van der Waals surface area (Å²) >= 11 is 0. The maximum atomic E-state index is 12.5. The molecule has 4 bridgehead atoms. The largest absolute Gasteiger partial charge is 0.290 e. The minimum absolute atomic E-state index is 0.0855. The summed E-state index contributed by atoms with van der Waals surface area (Å²) in [5, 5.41) is 0. The van der Waals surface area contributed by atoms with Crippen molar-refractivity contribution in [1.82, 2.24) is 0 Å². The number of fused-ring (bicyclic) bond motifs is 4. The molecule has 1 saturated carbocycles. The highest BCUT2D eigenvalue weighted by atomic mass is 16.1. The Bertz CT molecular complexity index is 680. The van der Waals surface area contributed by atoms with E-state index in [0.717, 1.165) is 25.7 Å². The fraction of sp³-hybridized carbons (Fsp3) is 0.400. The molecule has 0 heterocycles. The smallest absolute Gasteiger partial charge is 0.185 e. The van der Waals surface area contributed by atoms with Crippen molar-refractivity contribution in [3.63, 3.8) is 0 Å². The van der Waals surface area contributed by atoms with Gasteiger partial charge in [-0.3, -0.25) is 19.2 Å². The molecule has 0 atom stereocenters. The van der Waals surface area contributed by atoms with Crippen LogP contribution in [-0.2, 0) is 19.2 Å². The predicted molar refractivity (Wildman–Crippen MR) is 89.3 cm³/mol. The van der Waals surface area contributed by atoms with Crippen LogP contribution in [0.5, 0.6) is 0 Å². The number of Topliss-reactive ketones (excluding diaryl/α,β-unsaturated/α-hetero) is 2. The van der Waals surface area contributed by atoms with Gasteiger partial charge in [-0.2, -0.15) is 0 Å². The first-order valence-electron chi connectivity index (χ1n) is 8.54. The standard InChI is InChI=1S/C20H20O4/c21-17-9-13-5-3-1-2-4-6-14-10-18(22)12-16(20(14)24)8-7-15(11-17)19(13)23/h9-12H,1-8H2. The molecule has 0 aromatic heterocycles. The van der Waals surface area contributed by atoms with Gasteiger partial charge in [0.15, 0.2) is 23.1 Å². The third-order valence-corrected chi connectivity index (χ3v) is 4.74. The zero-order valence-corrected chi connectivity index (χ0v) is 13.6. The first-order chi connectivity index (χ1) is 11.5. The summed E-state index contributed by atoms with van der Waals surface area (Å²) in [5.41, 5.74) is 2.06. The molecular formula is C20H20O4. The molecule has 0 radical (unpaired) electrons. The number of carbonyl (C=O) groups excluding carboxylic acids is 4. The normalized spacial score (nSPS) is 23.0. The van der Waals surface area contributed by atoms with Crippen LogP contribution in [0.3, 0.4) is 0 Å². The van der Waals surface area contributed by atoms with Gasteiger partial charge in [0.1, 0.15) is 0 Å². The molecule has 1 fully saturated rings. The summed E-state index contributed by atoms with van der Waals surface area (Å²) in [6.45, 7) is 0. The molecule has 0 spiro atoms. The Morgan fingerprint density at radius 3 is 1.17 bits per heavy atom. The molecule has 3 aliphatic rings. The van der Waals surface area contributed by atoms with Crippen LogP contribution in [-0.4, -0.2) is 23.1 Å². The second-order valence-corrected chi connectivity index (χ2v) is 6.56. The Hall–Kier alpha value is -2.36. The SMILES string of the molecule is O=C1C=C2CCCCCCC3=CC(=O)C=C(CCC(=C1)C2=O)C3=O. The first-order valence-corrected chi connectivity index (χ1v) is 8.54. The molecule has 0 aliphatic heterocycles. The number of carbonyl (C=O) groups is 4. The minimum Gasteiger partial charge on any atom is -0.290 e. The van der Waals surface area contributed by atoms with Crippen LogP contribution in [0.2, 0.25) is 0 Å². The Morgan fingerprint density at radius 2 is 0.792 bits per heavy atom. The molecule has 0 aromatic carbocycles. The molecule has 0 saturated heterocycles. The fourth-order valence-corrected chi connectivity index (χ4v) is 3.44. The van der Waals surface area contributed by atoms with Crippen molar-refractivity contribution < 1.29 is 19.2 Å². The Kier molecular flexibility index (Phi) is 4.84. The average molecular weight is 324 g/mol. The summed E-state index contributed by atoms with van der Waals surface area (Å²) in [4.78, 5) is 48.7. The Balaban J connectivity index is 1.86. The fourth-order valence-electron chi connectivity index (χ4n) is 3.44. The molecule has 0 aromatic rings. The topological polar surface area (TPSA) is 68.3 Å². The third-order valence-electron chi connectivity index (χ3n) is 4.74. The predicted octanol–water partition coefficient (Wildman–Crippen LogP) is 3.13. The van der Waals surface area contributed by atoms with E-state index in [1.165, 1.54) is 24.3 Å². The van der Waals surface area contributed by atoms with Gasteiger partial charge < -0.3 is 0 Å². The summed E-state index contributed by atoms with van der Waals surface area (Å²) in [6.07, 6.45) is 11.1. The Morgan fingerprint density at radius 1 is 0.458 bits per heavy atom. The van der Waals surface area contributed by atoms with Crippen molar-refractivity contribution in [3.05, 3.63) is 46.6 Å². The van der Waals surface area contributed by atoms with Crippen molar-refractivity contribution >= 4 is 23.1 Å². The van der Waals surface area contributed by atoms with Gasteiger partial charge in [0.25, 0.3) is 0 Å². The van der Waals surface area contributed by atoms with E-state index in [1.54, 1.807) is 0 Å². The maximum absolute atomic E-state index is 12.5. The monoisotopic (exact) mass is 324 g/mol. The lowest BCUT2D eigenvalue weighted by Gasteiger charge is -2.17. The van der Waals surface area contributed by atoms with E-state index in [1.807, 2.05) is 0 Å². The van der Waals surface area contributed by atoms with Crippen LogP contribution < -0.4 is 0 Å². The number of rotatable bonds is 0. The highest BCUT2D eigenvalue weighted by molar-refractivity contribution is 6.21. The number of hydrogen-bond donors (Lipinski definition) is 0. The summed E-state index contributed by atoms with van der Waals surface area (Å²) in [5.74, 6) is -0.491. The van der Waals surface area contributed by atoms with Gasteiger partial charge in [-0.05, 0) is 62.8 Å². The van der Waals surface area contributed by atoms with Gasteiger partial charge in [-0.1, -0.05) is 12.8 Å². The van der Waals surface area contributed by atoms with E-state index in [9.17, 15) is 19.2 Å². The number of ketones is 4. The van der Waals surface area contributed by atoms with Gasteiger partial charge in [0.05, 0.1) is 0 Å². The van der Waals surface area contributed by atoms with Gasteiger partial charge in [0, 0.05) is 22.3 Å². The zero-order valence-electron chi connectivity index (χ0n) is 13.6. The van der Waals surface area contributed by atoms with Crippen LogP contribution in [0, 0.1) is 0 Å². The molecule has 0 unspecified atom stereocenters. The molecular weight excluding hydrogens is 304 g/mol. The molecule has 124 valence electrons. The van der Waals surface area contributed by atoms with Crippen molar-refractivity contribution in [3.8, 4) is 0 Å². The van der Waals surface area contributed by atoms with Crippen molar-refractivity contribution in [2.24, 2.45) is 0 Å². The quantitative estimate of drug-likeness (QED) is 0.642. The molecule has 0 N–H and O–H groups in total. The van der Waals surface area contributed by atoms with Crippen molar-refractivity contribution in [2.45, 2.75) is 51.4 Å². The van der Waals surface area contributed by atoms with E-state index in [0.29, 0.717) is 48.0 Å². The third kappa shape index (κ3) is 3.58. The van der Waals surface area contributed by atoms with E-state index in [4.69, 9.17) is 0 Å². The van der Waals surface area contributed by atoms with Crippen LogP contribution in [0.25, 0.3) is 0 Å². The molecule has 4 nitrogen and oxygen atoms in total. The van der Waals surface area contributed by atoms with Crippen molar-refractivity contribution in [2.75, 3.05) is 0 Å². The van der Waals surface area contributed by atoms with Gasteiger partial charge in [0.2, 0.25) is 0 Å².